The summed E-state index contributed by atoms with van der Waals surface area (Å²) in [5, 5.41) is 0. The normalized spacial score (nSPS) is 20.4. The monoisotopic (exact) mass is 235 g/mol. The van der Waals surface area contributed by atoms with E-state index in [1.807, 2.05) is 6.20 Å². The zero-order valence-corrected chi connectivity index (χ0v) is 10.4. The van der Waals surface area contributed by atoms with Crippen molar-refractivity contribution in [3.63, 3.8) is 0 Å². The lowest BCUT2D eigenvalue weighted by Gasteiger charge is -2.32. The molecule has 94 valence electrons. The highest BCUT2D eigenvalue weighted by Crippen LogP contribution is 2.22. The van der Waals surface area contributed by atoms with Gasteiger partial charge < -0.3 is 15.4 Å². The molecule has 1 saturated heterocycles. The van der Waals surface area contributed by atoms with E-state index in [0.29, 0.717) is 0 Å². The summed E-state index contributed by atoms with van der Waals surface area (Å²) in [5.41, 5.74) is 7.11. The van der Waals surface area contributed by atoms with E-state index in [0.717, 1.165) is 50.4 Å². The van der Waals surface area contributed by atoms with Crippen LogP contribution in [-0.2, 0) is 0 Å². The van der Waals surface area contributed by atoms with Crippen molar-refractivity contribution < 1.29 is 4.74 Å². The first-order chi connectivity index (χ1) is 8.29. The molecule has 1 aromatic rings. The number of pyridine rings is 1. The molecule has 1 aromatic heterocycles. The van der Waals surface area contributed by atoms with Crippen LogP contribution < -0.4 is 15.4 Å². The summed E-state index contributed by atoms with van der Waals surface area (Å²) in [6.07, 6.45) is 6.94. The van der Waals surface area contributed by atoms with Gasteiger partial charge in [-0.05, 0) is 19.3 Å². The fourth-order valence-electron chi connectivity index (χ4n) is 2.12. The third-order valence-corrected chi connectivity index (χ3v) is 2.99. The third kappa shape index (κ3) is 3.33. The number of nitrogens with zero attached hydrogens (tertiary/aromatic N) is 2. The molecule has 0 amide bonds. The molecule has 0 bridgehead atoms. The number of hydrogen-bond acceptors (Lipinski definition) is 4. The molecule has 2 rings (SSSR count). The lowest BCUT2D eigenvalue weighted by atomic mass is 10.1. The summed E-state index contributed by atoms with van der Waals surface area (Å²) in [5.74, 6) is 0.850. The maximum Gasteiger partial charge on any atom is 0.139 e. The second-order valence-corrected chi connectivity index (χ2v) is 4.58. The van der Waals surface area contributed by atoms with Gasteiger partial charge >= 0.3 is 0 Å². The van der Waals surface area contributed by atoms with E-state index in [1.165, 1.54) is 0 Å². The van der Waals surface area contributed by atoms with E-state index in [4.69, 9.17) is 10.5 Å². The summed E-state index contributed by atoms with van der Waals surface area (Å²) in [6.45, 7) is 4.82. The lowest BCUT2D eigenvalue weighted by molar-refractivity contribution is 0.316. The smallest absolute Gasteiger partial charge is 0.139 e. The highest BCUT2D eigenvalue weighted by molar-refractivity contribution is 5.48. The predicted molar refractivity (Wildman–Crippen MR) is 69.4 cm³/mol. The van der Waals surface area contributed by atoms with Gasteiger partial charge in [0.2, 0.25) is 0 Å². The van der Waals surface area contributed by atoms with Gasteiger partial charge in [0.15, 0.2) is 0 Å². The minimum atomic E-state index is 0.281. The quantitative estimate of drug-likeness (QED) is 0.864. The molecule has 1 aliphatic rings. The largest absolute Gasteiger partial charge is 0.492 e. The van der Waals surface area contributed by atoms with Gasteiger partial charge in [0.1, 0.15) is 5.75 Å². The van der Waals surface area contributed by atoms with Crippen molar-refractivity contribution in [1.29, 1.82) is 0 Å². The zero-order valence-electron chi connectivity index (χ0n) is 10.4. The fourth-order valence-corrected chi connectivity index (χ4v) is 2.12. The SMILES string of the molecule is CCCOc1cncc(N2CCCC(N)C2)c1. The molecule has 1 fully saturated rings. The van der Waals surface area contributed by atoms with Crippen LogP contribution in [0, 0.1) is 0 Å². The van der Waals surface area contributed by atoms with E-state index in [-0.39, 0.29) is 6.04 Å². The molecule has 1 aliphatic heterocycles. The molecule has 2 heterocycles. The summed E-state index contributed by atoms with van der Waals surface area (Å²) < 4.78 is 5.59. The van der Waals surface area contributed by atoms with Crippen LogP contribution in [-0.4, -0.2) is 30.7 Å². The maximum absolute atomic E-state index is 5.99. The van der Waals surface area contributed by atoms with Crippen LogP contribution in [0.2, 0.25) is 0 Å². The van der Waals surface area contributed by atoms with Gasteiger partial charge in [0.05, 0.1) is 24.7 Å². The van der Waals surface area contributed by atoms with Crippen molar-refractivity contribution in [1.82, 2.24) is 4.98 Å². The van der Waals surface area contributed by atoms with Gasteiger partial charge in [-0.1, -0.05) is 6.92 Å². The lowest BCUT2D eigenvalue weighted by Crippen LogP contribution is -2.42. The molecule has 17 heavy (non-hydrogen) atoms. The number of nitrogens with two attached hydrogens (primary N) is 1. The molecule has 0 aromatic carbocycles. The Hall–Kier alpha value is -1.29. The van der Waals surface area contributed by atoms with E-state index in [9.17, 15) is 0 Å². The van der Waals surface area contributed by atoms with Gasteiger partial charge in [-0.3, -0.25) is 4.98 Å². The molecule has 1 atom stereocenters. The van der Waals surface area contributed by atoms with E-state index < -0.39 is 0 Å². The van der Waals surface area contributed by atoms with Crippen molar-refractivity contribution in [3.05, 3.63) is 18.5 Å². The van der Waals surface area contributed by atoms with Crippen LogP contribution in [0.1, 0.15) is 26.2 Å². The number of piperidine rings is 1. The van der Waals surface area contributed by atoms with Crippen molar-refractivity contribution in [2.75, 3.05) is 24.6 Å². The molecule has 4 heteroatoms. The Balaban J connectivity index is 2.04. The van der Waals surface area contributed by atoms with Gasteiger partial charge in [-0.25, -0.2) is 0 Å². The first kappa shape index (κ1) is 12.2. The maximum atomic E-state index is 5.99. The van der Waals surface area contributed by atoms with E-state index in [2.05, 4.69) is 22.9 Å². The summed E-state index contributed by atoms with van der Waals surface area (Å²) >= 11 is 0. The first-order valence-corrected chi connectivity index (χ1v) is 6.38. The van der Waals surface area contributed by atoms with Crippen LogP contribution in [0.3, 0.4) is 0 Å². The molecule has 0 spiro atoms. The van der Waals surface area contributed by atoms with Crippen LogP contribution >= 0.6 is 0 Å². The molecular weight excluding hydrogens is 214 g/mol. The fraction of sp³-hybridized carbons (Fsp3) is 0.615. The minimum absolute atomic E-state index is 0.281. The van der Waals surface area contributed by atoms with Crippen molar-refractivity contribution in [2.24, 2.45) is 5.73 Å². The third-order valence-electron chi connectivity index (χ3n) is 2.99. The van der Waals surface area contributed by atoms with Gasteiger partial charge in [0.25, 0.3) is 0 Å². The number of anilines is 1. The first-order valence-electron chi connectivity index (χ1n) is 6.38. The van der Waals surface area contributed by atoms with Crippen molar-refractivity contribution in [2.45, 2.75) is 32.2 Å². The zero-order chi connectivity index (χ0) is 12.1. The second-order valence-electron chi connectivity index (χ2n) is 4.58. The number of rotatable bonds is 4. The Kier molecular flexibility index (Phi) is 4.20. The Morgan fingerprint density at radius 3 is 3.18 bits per heavy atom. The van der Waals surface area contributed by atoms with Crippen LogP contribution in [0.15, 0.2) is 18.5 Å². The van der Waals surface area contributed by atoms with Crippen LogP contribution in [0.4, 0.5) is 5.69 Å². The van der Waals surface area contributed by atoms with Gasteiger partial charge in [0, 0.05) is 25.2 Å². The topological polar surface area (TPSA) is 51.4 Å². The average Bonchev–Trinajstić information content (AvgIpc) is 2.37. The average molecular weight is 235 g/mol. The molecule has 4 nitrogen and oxygen atoms in total. The number of hydrogen-bond donors (Lipinski definition) is 1. The standard InChI is InChI=1S/C13H21N3O/c1-2-6-17-13-7-12(8-15-9-13)16-5-3-4-11(14)10-16/h7-9,11H,2-6,10,14H2,1H3. The summed E-state index contributed by atoms with van der Waals surface area (Å²) in [4.78, 5) is 6.52. The molecule has 2 N–H and O–H groups in total. The Labute approximate surface area is 103 Å². The number of ether oxygens (including phenoxy) is 1. The van der Waals surface area contributed by atoms with Gasteiger partial charge in [-0.15, -0.1) is 0 Å². The summed E-state index contributed by atoms with van der Waals surface area (Å²) in [7, 11) is 0. The van der Waals surface area contributed by atoms with Crippen LogP contribution in [0.5, 0.6) is 5.75 Å². The Morgan fingerprint density at radius 1 is 1.53 bits per heavy atom. The van der Waals surface area contributed by atoms with E-state index >= 15 is 0 Å². The van der Waals surface area contributed by atoms with Gasteiger partial charge in [-0.2, -0.15) is 0 Å². The predicted octanol–water partition coefficient (Wildman–Crippen LogP) is 1.80. The Morgan fingerprint density at radius 2 is 2.41 bits per heavy atom. The molecule has 1 unspecified atom stereocenters. The van der Waals surface area contributed by atoms with Crippen molar-refractivity contribution in [3.8, 4) is 5.75 Å². The highest BCUT2D eigenvalue weighted by Gasteiger charge is 2.17. The van der Waals surface area contributed by atoms with E-state index in [1.54, 1.807) is 6.20 Å². The highest BCUT2D eigenvalue weighted by atomic mass is 16.5. The minimum Gasteiger partial charge on any atom is -0.492 e. The molecular formula is C13H21N3O. The van der Waals surface area contributed by atoms with Crippen molar-refractivity contribution >= 4 is 5.69 Å². The molecule has 0 aliphatic carbocycles. The summed E-state index contributed by atoms with van der Waals surface area (Å²) in [6, 6.07) is 2.34. The van der Waals surface area contributed by atoms with Crippen LogP contribution in [0.25, 0.3) is 0 Å². The second kappa shape index (κ2) is 5.87. The number of aromatic nitrogens is 1. The molecule has 0 radical (unpaired) electrons. The molecule has 0 saturated carbocycles. The Bertz CT molecular complexity index is 356.